The van der Waals surface area contributed by atoms with Crippen molar-refractivity contribution in [1.29, 1.82) is 0 Å². The minimum absolute atomic E-state index is 0.0422. The van der Waals surface area contributed by atoms with Crippen LogP contribution in [-0.4, -0.2) is 70.2 Å². The van der Waals surface area contributed by atoms with Crippen LogP contribution in [-0.2, 0) is 17.7 Å². The van der Waals surface area contributed by atoms with Crippen LogP contribution in [0.5, 0.6) is 0 Å². The summed E-state index contributed by atoms with van der Waals surface area (Å²) in [7, 11) is 0. The van der Waals surface area contributed by atoms with Crippen LogP contribution in [0.2, 0.25) is 0 Å². The molecule has 2 N–H and O–H groups in total. The van der Waals surface area contributed by atoms with Gasteiger partial charge in [0.2, 0.25) is 0 Å². The lowest BCUT2D eigenvalue weighted by molar-refractivity contribution is 0.0156. The smallest absolute Gasteiger partial charge is 0.317 e. The largest absolute Gasteiger partial charge is 0.379 e. The third kappa shape index (κ3) is 3.71. The van der Waals surface area contributed by atoms with Gasteiger partial charge in [-0.05, 0) is 12.1 Å². The summed E-state index contributed by atoms with van der Waals surface area (Å²) >= 11 is 0. The molecule has 2 aromatic rings. The predicted molar refractivity (Wildman–Crippen MR) is 95.5 cm³/mol. The summed E-state index contributed by atoms with van der Waals surface area (Å²) in [6.07, 6.45) is 4.29. The number of nitrogens with one attached hydrogen (secondary N) is 2. The van der Waals surface area contributed by atoms with Gasteiger partial charge >= 0.3 is 6.03 Å². The molecule has 2 aromatic heterocycles. The van der Waals surface area contributed by atoms with E-state index in [-0.39, 0.29) is 12.1 Å². The molecule has 4 rings (SSSR count). The predicted octanol–water partition coefficient (Wildman–Crippen LogP) is 0.946. The van der Waals surface area contributed by atoms with Crippen LogP contribution in [0.1, 0.15) is 23.1 Å². The number of ether oxygens (including phenoxy) is 1. The van der Waals surface area contributed by atoms with E-state index in [1.54, 1.807) is 12.5 Å². The maximum absolute atomic E-state index is 12.7. The van der Waals surface area contributed by atoms with E-state index in [1.165, 1.54) is 0 Å². The Labute approximate surface area is 152 Å². The topological polar surface area (TPSA) is 86.4 Å². The number of carbonyl (C=O) groups is 1. The van der Waals surface area contributed by atoms with E-state index < -0.39 is 0 Å². The Balaban J connectivity index is 1.40. The lowest BCUT2D eigenvalue weighted by atomic mass is 10.1. The van der Waals surface area contributed by atoms with Gasteiger partial charge in [0.05, 0.1) is 49.2 Å². The van der Waals surface area contributed by atoms with Crippen LogP contribution >= 0.6 is 0 Å². The van der Waals surface area contributed by atoms with E-state index in [1.807, 2.05) is 23.1 Å². The number of nitrogens with zero attached hydrogens (tertiary/aromatic N) is 4. The Morgan fingerprint density at radius 2 is 2.15 bits per heavy atom. The SMILES string of the molecule is O=C(NCC(c1ccccn1)N1CCOCC1)N1CCc2nc[nH]c2C1. The number of imidazole rings is 1. The van der Waals surface area contributed by atoms with E-state index in [9.17, 15) is 4.79 Å². The van der Waals surface area contributed by atoms with Crippen LogP contribution < -0.4 is 5.32 Å². The van der Waals surface area contributed by atoms with Crippen molar-refractivity contribution in [2.24, 2.45) is 0 Å². The number of hydrogen-bond donors (Lipinski definition) is 2. The second-order valence-corrected chi connectivity index (χ2v) is 6.60. The van der Waals surface area contributed by atoms with Crippen LogP contribution in [0.3, 0.4) is 0 Å². The second-order valence-electron chi connectivity index (χ2n) is 6.60. The summed E-state index contributed by atoms with van der Waals surface area (Å²) in [6, 6.07) is 5.93. The number of urea groups is 1. The number of amides is 2. The quantitative estimate of drug-likeness (QED) is 0.852. The normalized spacial score (nSPS) is 19.0. The summed E-state index contributed by atoms with van der Waals surface area (Å²) in [5, 5.41) is 3.10. The monoisotopic (exact) mass is 356 g/mol. The highest BCUT2D eigenvalue weighted by Crippen LogP contribution is 2.20. The molecule has 138 valence electrons. The molecular formula is C18H24N6O2. The van der Waals surface area contributed by atoms with E-state index in [0.717, 1.165) is 36.6 Å². The van der Waals surface area contributed by atoms with Crippen molar-refractivity contribution in [1.82, 2.24) is 30.1 Å². The van der Waals surface area contributed by atoms with Gasteiger partial charge in [-0.25, -0.2) is 9.78 Å². The van der Waals surface area contributed by atoms with E-state index >= 15 is 0 Å². The molecule has 1 fully saturated rings. The van der Waals surface area contributed by atoms with Crippen molar-refractivity contribution >= 4 is 6.03 Å². The average Bonchev–Trinajstić information content (AvgIpc) is 3.17. The van der Waals surface area contributed by atoms with Crippen LogP contribution in [0.25, 0.3) is 0 Å². The Morgan fingerprint density at radius 3 is 2.96 bits per heavy atom. The number of fused-ring (bicyclic) bond motifs is 1. The molecule has 1 atom stereocenters. The van der Waals surface area contributed by atoms with Gasteiger partial charge < -0.3 is 19.9 Å². The molecule has 4 heterocycles. The number of pyridine rings is 1. The first-order valence-electron chi connectivity index (χ1n) is 9.08. The number of hydrogen-bond acceptors (Lipinski definition) is 5. The zero-order valence-electron chi connectivity index (χ0n) is 14.7. The lowest BCUT2D eigenvalue weighted by Crippen LogP contribution is -2.48. The van der Waals surface area contributed by atoms with Gasteiger partial charge in [0.1, 0.15) is 0 Å². The summed E-state index contributed by atoms with van der Waals surface area (Å²) < 4.78 is 5.47. The van der Waals surface area contributed by atoms with E-state index in [4.69, 9.17) is 4.74 Å². The van der Waals surface area contributed by atoms with Gasteiger partial charge in [-0.15, -0.1) is 0 Å². The van der Waals surface area contributed by atoms with E-state index in [0.29, 0.717) is 32.8 Å². The molecule has 26 heavy (non-hydrogen) atoms. The Bertz CT molecular complexity index is 728. The fourth-order valence-corrected chi connectivity index (χ4v) is 3.56. The van der Waals surface area contributed by atoms with Crippen molar-refractivity contribution in [3.63, 3.8) is 0 Å². The first-order chi connectivity index (χ1) is 12.8. The maximum atomic E-state index is 12.7. The molecule has 1 unspecified atom stereocenters. The van der Waals surface area contributed by atoms with E-state index in [2.05, 4.69) is 25.2 Å². The number of morpholine rings is 1. The van der Waals surface area contributed by atoms with Crippen molar-refractivity contribution in [3.05, 3.63) is 47.8 Å². The highest BCUT2D eigenvalue weighted by Gasteiger charge is 2.26. The van der Waals surface area contributed by atoms with Crippen molar-refractivity contribution in [2.75, 3.05) is 39.4 Å². The third-order valence-electron chi connectivity index (χ3n) is 5.02. The number of rotatable bonds is 4. The second kappa shape index (κ2) is 7.84. The van der Waals surface area contributed by atoms with Gasteiger partial charge in [0.25, 0.3) is 0 Å². The molecule has 0 spiro atoms. The molecule has 1 saturated heterocycles. The zero-order valence-corrected chi connectivity index (χ0v) is 14.7. The standard InChI is InChI=1S/C18H24N6O2/c25-18(24-6-4-14-16(12-24)22-13-21-14)20-11-17(15-3-1-2-5-19-15)23-7-9-26-10-8-23/h1-3,5,13,17H,4,6-12H2,(H,20,25)(H,21,22). The number of carbonyl (C=O) groups excluding carboxylic acids is 1. The van der Waals surface area contributed by atoms with Crippen molar-refractivity contribution in [2.45, 2.75) is 19.0 Å². The van der Waals surface area contributed by atoms with Gasteiger partial charge in [-0.1, -0.05) is 6.07 Å². The lowest BCUT2D eigenvalue weighted by Gasteiger charge is -2.35. The van der Waals surface area contributed by atoms with Crippen molar-refractivity contribution < 1.29 is 9.53 Å². The van der Waals surface area contributed by atoms with Gasteiger partial charge in [0.15, 0.2) is 0 Å². The summed E-state index contributed by atoms with van der Waals surface area (Å²) in [4.78, 5) is 28.7. The maximum Gasteiger partial charge on any atom is 0.317 e. The molecular weight excluding hydrogens is 332 g/mol. The molecule has 0 aliphatic carbocycles. The molecule has 0 radical (unpaired) electrons. The molecule has 2 aliphatic rings. The Kier molecular flexibility index (Phi) is 5.12. The minimum atomic E-state index is -0.0422. The summed E-state index contributed by atoms with van der Waals surface area (Å²) in [5.41, 5.74) is 3.07. The van der Waals surface area contributed by atoms with Crippen LogP contribution in [0, 0.1) is 0 Å². The Hall–Kier alpha value is -2.45. The third-order valence-corrected chi connectivity index (χ3v) is 5.02. The molecule has 0 aromatic carbocycles. The minimum Gasteiger partial charge on any atom is -0.379 e. The summed E-state index contributed by atoms with van der Waals surface area (Å²) in [5.74, 6) is 0. The molecule has 2 aliphatic heterocycles. The molecule has 0 saturated carbocycles. The average molecular weight is 356 g/mol. The first-order valence-corrected chi connectivity index (χ1v) is 9.08. The van der Waals surface area contributed by atoms with Crippen LogP contribution in [0.4, 0.5) is 4.79 Å². The highest BCUT2D eigenvalue weighted by atomic mass is 16.5. The highest BCUT2D eigenvalue weighted by molar-refractivity contribution is 5.74. The van der Waals surface area contributed by atoms with Crippen molar-refractivity contribution in [3.8, 4) is 0 Å². The van der Waals surface area contributed by atoms with Gasteiger partial charge in [-0.3, -0.25) is 9.88 Å². The summed E-state index contributed by atoms with van der Waals surface area (Å²) in [6.45, 7) is 4.92. The molecule has 2 amide bonds. The van der Waals surface area contributed by atoms with Crippen LogP contribution in [0.15, 0.2) is 30.7 Å². The fourth-order valence-electron chi connectivity index (χ4n) is 3.56. The Morgan fingerprint density at radius 1 is 1.27 bits per heavy atom. The van der Waals surface area contributed by atoms with Gasteiger partial charge in [0, 0.05) is 38.8 Å². The first kappa shape index (κ1) is 17.0. The number of aromatic amines is 1. The molecule has 8 heteroatoms. The molecule has 0 bridgehead atoms. The zero-order chi connectivity index (χ0) is 17.8. The number of H-pyrrole nitrogens is 1. The fraction of sp³-hybridized carbons (Fsp3) is 0.500. The number of aromatic nitrogens is 3. The van der Waals surface area contributed by atoms with Gasteiger partial charge in [-0.2, -0.15) is 0 Å². The molecule has 8 nitrogen and oxygen atoms in total.